The zero-order valence-electron chi connectivity index (χ0n) is 18.5. The van der Waals surface area contributed by atoms with Crippen LogP contribution in [0.5, 0.6) is 11.6 Å². The second kappa shape index (κ2) is 8.82. The van der Waals surface area contributed by atoms with Crippen molar-refractivity contribution < 1.29 is 23.4 Å². The number of hydrogen-bond donors (Lipinski definition) is 1. The highest BCUT2D eigenvalue weighted by molar-refractivity contribution is 5.89. The number of amides is 1. The first-order chi connectivity index (χ1) is 16.0. The van der Waals surface area contributed by atoms with Crippen LogP contribution < -0.4 is 19.7 Å². The molecule has 0 aliphatic carbocycles. The van der Waals surface area contributed by atoms with Crippen molar-refractivity contribution in [2.45, 2.75) is 25.4 Å². The van der Waals surface area contributed by atoms with E-state index in [0.717, 1.165) is 28.8 Å². The summed E-state index contributed by atoms with van der Waals surface area (Å²) in [6.45, 7) is 3.87. The summed E-state index contributed by atoms with van der Waals surface area (Å²) in [5.41, 5.74) is 3.72. The molecule has 1 unspecified atom stereocenters. The fourth-order valence-corrected chi connectivity index (χ4v) is 4.30. The van der Waals surface area contributed by atoms with Gasteiger partial charge < -0.3 is 19.5 Å². The zero-order valence-corrected chi connectivity index (χ0v) is 18.5. The minimum Gasteiger partial charge on any atom is -0.491 e. The van der Waals surface area contributed by atoms with Crippen LogP contribution in [0, 0.1) is 12.7 Å². The first-order valence-electron chi connectivity index (χ1n) is 10.9. The van der Waals surface area contributed by atoms with Crippen LogP contribution in [-0.2, 0) is 4.74 Å². The van der Waals surface area contributed by atoms with E-state index in [1.807, 2.05) is 6.07 Å². The highest BCUT2D eigenvalue weighted by Gasteiger charge is 2.33. The third kappa shape index (κ3) is 4.16. The Kier molecular flexibility index (Phi) is 5.72. The molecule has 1 saturated heterocycles. The molecule has 2 aliphatic rings. The average molecular weight is 452 g/mol. The van der Waals surface area contributed by atoms with Gasteiger partial charge in [0.05, 0.1) is 37.7 Å². The first-order valence-corrected chi connectivity index (χ1v) is 10.9. The number of benzene rings is 1. The van der Waals surface area contributed by atoms with Crippen molar-refractivity contribution >= 4 is 22.8 Å². The monoisotopic (exact) mass is 452 g/mol. The van der Waals surface area contributed by atoms with E-state index in [2.05, 4.69) is 15.3 Å². The molecule has 2 atom stereocenters. The van der Waals surface area contributed by atoms with Crippen molar-refractivity contribution in [3.05, 3.63) is 53.5 Å². The largest absolute Gasteiger partial charge is 0.491 e. The molecule has 9 heteroatoms. The lowest BCUT2D eigenvalue weighted by atomic mass is 9.97. The van der Waals surface area contributed by atoms with Crippen LogP contribution in [0.1, 0.15) is 23.5 Å². The van der Waals surface area contributed by atoms with Gasteiger partial charge in [-0.2, -0.15) is 0 Å². The molecule has 5 rings (SSSR count). The maximum atomic E-state index is 13.9. The summed E-state index contributed by atoms with van der Waals surface area (Å²) < 4.78 is 30.5. The minimum absolute atomic E-state index is 0.177. The van der Waals surface area contributed by atoms with Gasteiger partial charge in [0.25, 0.3) is 0 Å². The number of halogens is 1. The Bertz CT molecular complexity index is 1200. The number of methoxy groups -OCH3 is 1. The molecule has 1 N–H and O–H groups in total. The van der Waals surface area contributed by atoms with Crippen LogP contribution in [-0.4, -0.2) is 55.5 Å². The van der Waals surface area contributed by atoms with Crippen molar-refractivity contribution in [1.29, 1.82) is 0 Å². The van der Waals surface area contributed by atoms with Crippen molar-refractivity contribution in [2.24, 2.45) is 0 Å². The van der Waals surface area contributed by atoms with Gasteiger partial charge in [0, 0.05) is 24.1 Å². The molecule has 0 saturated carbocycles. The average Bonchev–Trinajstić information content (AvgIpc) is 3.41. The van der Waals surface area contributed by atoms with E-state index in [0.29, 0.717) is 43.4 Å². The summed E-state index contributed by atoms with van der Waals surface area (Å²) in [5.74, 6) is 1.15. The molecule has 1 aromatic carbocycles. The molecule has 0 radical (unpaired) electrons. The molecule has 1 amide bonds. The topological polar surface area (TPSA) is 85.8 Å². The number of carbonyl (C=O) groups excluding carboxylic acids is 1. The van der Waals surface area contributed by atoms with E-state index in [1.165, 1.54) is 11.0 Å². The lowest BCUT2D eigenvalue weighted by molar-refractivity contribution is 0.140. The van der Waals surface area contributed by atoms with E-state index in [1.54, 1.807) is 38.4 Å². The van der Waals surface area contributed by atoms with Crippen LogP contribution in [0.15, 0.2) is 36.5 Å². The molecule has 2 aliphatic heterocycles. The Morgan fingerprint density at radius 1 is 1.30 bits per heavy atom. The van der Waals surface area contributed by atoms with Gasteiger partial charge >= 0.3 is 6.09 Å². The number of aryl methyl sites for hydroxylation is 1. The highest BCUT2D eigenvalue weighted by atomic mass is 19.1. The van der Waals surface area contributed by atoms with Gasteiger partial charge in [-0.25, -0.2) is 14.2 Å². The predicted molar refractivity (Wildman–Crippen MR) is 121 cm³/mol. The molecule has 0 bridgehead atoms. The number of fused-ring (bicyclic) bond motifs is 3. The molecule has 2 aromatic heterocycles. The van der Waals surface area contributed by atoms with Crippen LogP contribution in [0.25, 0.3) is 11.0 Å². The van der Waals surface area contributed by atoms with Gasteiger partial charge in [0.15, 0.2) is 0 Å². The summed E-state index contributed by atoms with van der Waals surface area (Å²) in [6, 6.07) is 8.45. The molecular formula is C24H25FN4O4. The number of carbonyl (C=O) groups is 1. The number of anilines is 1. The van der Waals surface area contributed by atoms with Crippen LogP contribution in [0.3, 0.4) is 0 Å². The van der Waals surface area contributed by atoms with Crippen molar-refractivity contribution in [3.63, 3.8) is 0 Å². The molecule has 8 nitrogen and oxygen atoms in total. The van der Waals surface area contributed by atoms with Gasteiger partial charge in [-0.1, -0.05) is 6.07 Å². The normalized spacial score (nSPS) is 19.5. The molecule has 1 fully saturated rings. The third-order valence-electron chi connectivity index (χ3n) is 6.13. The molecule has 33 heavy (non-hydrogen) atoms. The lowest BCUT2D eigenvalue weighted by Gasteiger charge is -2.14. The molecular weight excluding hydrogens is 427 g/mol. The molecule has 4 heterocycles. The van der Waals surface area contributed by atoms with Gasteiger partial charge in [-0.3, -0.25) is 9.88 Å². The third-order valence-corrected chi connectivity index (χ3v) is 6.13. The number of nitrogens with one attached hydrogen (secondary N) is 1. The van der Waals surface area contributed by atoms with Gasteiger partial charge in [0.2, 0.25) is 5.88 Å². The molecule has 172 valence electrons. The van der Waals surface area contributed by atoms with E-state index >= 15 is 0 Å². The second-order valence-corrected chi connectivity index (χ2v) is 8.31. The number of pyridine rings is 2. The Morgan fingerprint density at radius 2 is 2.18 bits per heavy atom. The maximum absolute atomic E-state index is 13.9. The SMILES string of the molecule is COc1ccc2ncc3c(c2n1)[C@H](CCNCC1CN(c2ccc(C)c(F)c2)C(=O)O1)CO3. The standard InChI is InChI=1S/C24H25FN4O4/c1-14-3-4-16(9-18(14)25)29-12-17(33-24(29)30)10-26-8-7-15-13-32-20-11-27-19-5-6-21(31-2)28-23(19)22(15)20/h3-6,9,11,15,17,26H,7-8,10,12-13H2,1-2H3/t15-,17?/m1/s1. The van der Waals surface area contributed by atoms with Crippen molar-refractivity contribution in [2.75, 3.05) is 38.3 Å². The highest BCUT2D eigenvalue weighted by Crippen LogP contribution is 2.39. The van der Waals surface area contributed by atoms with Crippen LogP contribution >= 0.6 is 0 Å². The van der Waals surface area contributed by atoms with E-state index < -0.39 is 6.09 Å². The van der Waals surface area contributed by atoms with Gasteiger partial charge in [-0.05, 0) is 43.7 Å². The Balaban J connectivity index is 1.18. The van der Waals surface area contributed by atoms with E-state index in [4.69, 9.17) is 14.2 Å². The van der Waals surface area contributed by atoms with Gasteiger partial charge in [0.1, 0.15) is 23.2 Å². The Morgan fingerprint density at radius 3 is 3.00 bits per heavy atom. The van der Waals surface area contributed by atoms with E-state index in [9.17, 15) is 9.18 Å². The second-order valence-electron chi connectivity index (χ2n) is 8.31. The summed E-state index contributed by atoms with van der Waals surface area (Å²) >= 11 is 0. The van der Waals surface area contributed by atoms with Gasteiger partial charge in [-0.15, -0.1) is 0 Å². The van der Waals surface area contributed by atoms with Crippen molar-refractivity contribution in [3.8, 4) is 11.6 Å². The first kappa shape index (κ1) is 21.4. The summed E-state index contributed by atoms with van der Waals surface area (Å²) in [7, 11) is 1.59. The number of ether oxygens (including phenoxy) is 3. The quantitative estimate of drug-likeness (QED) is 0.549. The van der Waals surface area contributed by atoms with E-state index in [-0.39, 0.29) is 17.8 Å². The van der Waals surface area contributed by atoms with Crippen LogP contribution in [0.2, 0.25) is 0 Å². The zero-order chi connectivity index (χ0) is 22.9. The number of hydrogen-bond acceptors (Lipinski definition) is 7. The molecule has 0 spiro atoms. The predicted octanol–water partition coefficient (Wildman–Crippen LogP) is 3.57. The Labute approximate surface area is 190 Å². The summed E-state index contributed by atoms with van der Waals surface area (Å²) in [5, 5.41) is 3.37. The van der Waals surface area contributed by atoms with Crippen molar-refractivity contribution in [1.82, 2.24) is 15.3 Å². The minimum atomic E-state index is -0.456. The summed E-state index contributed by atoms with van der Waals surface area (Å²) in [6.07, 6.45) is 1.82. The summed E-state index contributed by atoms with van der Waals surface area (Å²) in [4.78, 5) is 22.7. The smallest absolute Gasteiger partial charge is 0.414 e. The number of nitrogens with zero attached hydrogens (tertiary/aromatic N) is 3. The van der Waals surface area contributed by atoms with Crippen LogP contribution in [0.4, 0.5) is 14.9 Å². The molecule has 3 aromatic rings. The number of cyclic esters (lactones) is 1. The lowest BCUT2D eigenvalue weighted by Crippen LogP contribution is -2.32. The fourth-order valence-electron chi connectivity index (χ4n) is 4.30. The fraction of sp³-hybridized carbons (Fsp3) is 0.375. The number of aromatic nitrogens is 2. The Hall–Kier alpha value is -3.46. The number of rotatable bonds is 7. The maximum Gasteiger partial charge on any atom is 0.414 e.